The van der Waals surface area contributed by atoms with Gasteiger partial charge >= 0.3 is 0 Å². The van der Waals surface area contributed by atoms with Crippen LogP contribution in [0.3, 0.4) is 0 Å². The lowest BCUT2D eigenvalue weighted by molar-refractivity contribution is -0.131. The van der Waals surface area contributed by atoms with Gasteiger partial charge in [0.25, 0.3) is 0 Å². The molecule has 116 valence electrons. The first-order chi connectivity index (χ1) is 11.0. The zero-order chi connectivity index (χ0) is 16.4. The average molecular weight is 310 g/mol. The van der Waals surface area contributed by atoms with Crippen molar-refractivity contribution < 1.29 is 19.4 Å². The summed E-state index contributed by atoms with van der Waals surface area (Å²) in [6, 6.07) is 8.51. The van der Waals surface area contributed by atoms with Gasteiger partial charge in [0.2, 0.25) is 11.8 Å². The van der Waals surface area contributed by atoms with E-state index < -0.39 is 28.9 Å². The van der Waals surface area contributed by atoms with Crippen LogP contribution in [0.1, 0.15) is 12.5 Å². The predicted molar refractivity (Wildman–Crippen MR) is 79.1 cm³/mol. The fourth-order valence-corrected chi connectivity index (χ4v) is 4.04. The van der Waals surface area contributed by atoms with E-state index in [1.807, 2.05) is 6.07 Å². The Labute approximate surface area is 132 Å². The van der Waals surface area contributed by atoms with Crippen molar-refractivity contribution in [1.82, 2.24) is 0 Å². The van der Waals surface area contributed by atoms with Gasteiger partial charge in [0.05, 0.1) is 35.3 Å². The Kier molecular flexibility index (Phi) is 2.63. The Hall–Kier alpha value is -2.49. The van der Waals surface area contributed by atoms with E-state index >= 15 is 0 Å². The zero-order valence-electron chi connectivity index (χ0n) is 12.4. The molecule has 3 heterocycles. The molecule has 4 rings (SSSR count). The number of benzene rings is 1. The molecule has 23 heavy (non-hydrogen) atoms. The Morgan fingerprint density at radius 3 is 2.65 bits per heavy atom. The molecule has 0 saturated carbocycles. The molecule has 2 bridgehead atoms. The SMILES string of the molecule is C[C@@]12C=C[C@@](CO)(O1)[C@@H]1C(=O)N(c3ccccc3C#N)C(=O)[C@@H]12. The number of hydrogen-bond acceptors (Lipinski definition) is 5. The summed E-state index contributed by atoms with van der Waals surface area (Å²) in [5, 5.41) is 19.0. The van der Waals surface area contributed by atoms with E-state index in [-0.39, 0.29) is 23.8 Å². The number of anilines is 1. The van der Waals surface area contributed by atoms with Crippen LogP contribution in [0.25, 0.3) is 0 Å². The molecule has 4 atom stereocenters. The summed E-state index contributed by atoms with van der Waals surface area (Å²) in [6.45, 7) is 1.38. The molecule has 2 saturated heterocycles. The highest BCUT2D eigenvalue weighted by Crippen LogP contribution is 2.57. The summed E-state index contributed by atoms with van der Waals surface area (Å²) in [6.07, 6.45) is 3.42. The van der Waals surface area contributed by atoms with E-state index in [4.69, 9.17) is 4.74 Å². The van der Waals surface area contributed by atoms with Gasteiger partial charge < -0.3 is 9.84 Å². The largest absolute Gasteiger partial charge is 0.393 e. The number of fused-ring (bicyclic) bond motifs is 5. The maximum absolute atomic E-state index is 12.9. The Morgan fingerprint density at radius 1 is 1.26 bits per heavy atom. The maximum atomic E-state index is 12.9. The van der Waals surface area contributed by atoms with Crippen molar-refractivity contribution in [3.05, 3.63) is 42.0 Å². The lowest BCUT2D eigenvalue weighted by atomic mass is 9.73. The van der Waals surface area contributed by atoms with E-state index in [0.29, 0.717) is 0 Å². The van der Waals surface area contributed by atoms with Crippen LogP contribution >= 0.6 is 0 Å². The van der Waals surface area contributed by atoms with Crippen LogP contribution in [0.5, 0.6) is 0 Å². The van der Waals surface area contributed by atoms with Crippen molar-refractivity contribution in [3.8, 4) is 6.07 Å². The van der Waals surface area contributed by atoms with Gasteiger partial charge in [0.1, 0.15) is 11.7 Å². The predicted octanol–water partition coefficient (Wildman–Crippen LogP) is 0.754. The summed E-state index contributed by atoms with van der Waals surface area (Å²) in [4.78, 5) is 26.9. The fraction of sp³-hybridized carbons (Fsp3) is 0.353. The Morgan fingerprint density at radius 2 is 1.96 bits per heavy atom. The lowest BCUT2D eigenvalue weighted by Gasteiger charge is -2.27. The van der Waals surface area contributed by atoms with Gasteiger partial charge in [-0.05, 0) is 19.1 Å². The van der Waals surface area contributed by atoms with Gasteiger partial charge in [-0.1, -0.05) is 24.3 Å². The summed E-state index contributed by atoms with van der Waals surface area (Å²) in [5.74, 6) is -2.25. The third-order valence-corrected chi connectivity index (χ3v) is 5.07. The van der Waals surface area contributed by atoms with Crippen LogP contribution in [-0.4, -0.2) is 34.7 Å². The first-order valence-corrected chi connectivity index (χ1v) is 7.36. The molecule has 2 fully saturated rings. The number of aliphatic hydroxyl groups is 1. The highest BCUT2D eigenvalue weighted by molar-refractivity contribution is 6.24. The van der Waals surface area contributed by atoms with Crippen molar-refractivity contribution >= 4 is 17.5 Å². The standard InChI is InChI=1S/C17H14N2O4/c1-16-6-7-17(9-20,23-16)13-12(16)14(21)19(15(13)22)11-5-3-2-4-10(11)8-18/h2-7,12-13,20H,9H2,1H3/t12-,13+,16+,17+/m1/s1. The summed E-state index contributed by atoms with van der Waals surface area (Å²) >= 11 is 0. The first-order valence-electron chi connectivity index (χ1n) is 7.36. The molecule has 3 aliphatic heterocycles. The van der Waals surface area contributed by atoms with E-state index in [1.165, 1.54) is 0 Å². The van der Waals surface area contributed by atoms with Gasteiger partial charge in [-0.15, -0.1) is 0 Å². The molecule has 3 aliphatic rings. The molecule has 1 N–H and O–H groups in total. The topological polar surface area (TPSA) is 90.6 Å². The first kappa shape index (κ1) is 14.1. The van der Waals surface area contributed by atoms with Gasteiger partial charge in [-0.2, -0.15) is 5.26 Å². The Balaban J connectivity index is 1.85. The molecule has 6 heteroatoms. The number of para-hydroxylation sites is 1. The van der Waals surface area contributed by atoms with Crippen molar-refractivity contribution in [2.24, 2.45) is 11.8 Å². The summed E-state index contributed by atoms with van der Waals surface area (Å²) < 4.78 is 5.85. The highest BCUT2D eigenvalue weighted by Gasteiger charge is 2.72. The number of nitriles is 1. The number of ether oxygens (including phenoxy) is 1. The number of rotatable bonds is 2. The second-order valence-corrected chi connectivity index (χ2v) is 6.33. The van der Waals surface area contributed by atoms with Gasteiger partial charge in [-0.3, -0.25) is 9.59 Å². The molecule has 6 nitrogen and oxygen atoms in total. The average Bonchev–Trinajstić information content (AvgIpc) is 3.13. The third-order valence-electron chi connectivity index (χ3n) is 5.07. The van der Waals surface area contributed by atoms with Crippen LogP contribution in [0, 0.1) is 23.2 Å². The summed E-state index contributed by atoms with van der Waals surface area (Å²) in [5.41, 5.74) is -1.51. The van der Waals surface area contributed by atoms with Crippen LogP contribution in [0.4, 0.5) is 5.69 Å². The minimum atomic E-state index is -1.15. The number of imide groups is 1. The molecule has 0 aliphatic carbocycles. The Bertz CT molecular complexity index is 811. The second kappa shape index (κ2) is 4.28. The summed E-state index contributed by atoms with van der Waals surface area (Å²) in [7, 11) is 0. The minimum Gasteiger partial charge on any atom is -0.393 e. The third kappa shape index (κ3) is 1.53. The number of nitrogens with zero attached hydrogens (tertiary/aromatic N) is 2. The molecular weight excluding hydrogens is 296 g/mol. The molecule has 2 amide bonds. The highest BCUT2D eigenvalue weighted by atomic mass is 16.5. The number of hydrogen-bond donors (Lipinski definition) is 1. The molecular formula is C17H14N2O4. The minimum absolute atomic E-state index is 0.263. The van der Waals surface area contributed by atoms with Gasteiger partial charge in [0, 0.05) is 0 Å². The number of amides is 2. The quantitative estimate of drug-likeness (QED) is 0.643. The molecule has 0 radical (unpaired) electrons. The van der Waals surface area contributed by atoms with Crippen molar-refractivity contribution in [1.29, 1.82) is 5.26 Å². The van der Waals surface area contributed by atoms with E-state index in [0.717, 1.165) is 4.90 Å². The maximum Gasteiger partial charge on any atom is 0.241 e. The van der Waals surface area contributed by atoms with Crippen LogP contribution in [0.15, 0.2) is 36.4 Å². The molecule has 0 unspecified atom stereocenters. The normalized spacial score (nSPS) is 37.3. The van der Waals surface area contributed by atoms with Crippen LogP contribution in [-0.2, 0) is 14.3 Å². The smallest absolute Gasteiger partial charge is 0.241 e. The number of aliphatic hydroxyl groups excluding tert-OH is 1. The van der Waals surface area contributed by atoms with Gasteiger partial charge in [0.15, 0.2) is 0 Å². The number of carbonyl (C=O) groups is 2. The molecule has 1 aromatic carbocycles. The zero-order valence-corrected chi connectivity index (χ0v) is 12.4. The monoisotopic (exact) mass is 310 g/mol. The molecule has 0 aromatic heterocycles. The van der Waals surface area contributed by atoms with Crippen molar-refractivity contribution in [3.63, 3.8) is 0 Å². The van der Waals surface area contributed by atoms with E-state index in [1.54, 1.807) is 43.3 Å². The lowest BCUT2D eigenvalue weighted by Crippen LogP contribution is -2.43. The van der Waals surface area contributed by atoms with Crippen LogP contribution in [0.2, 0.25) is 0 Å². The van der Waals surface area contributed by atoms with E-state index in [2.05, 4.69) is 0 Å². The van der Waals surface area contributed by atoms with Crippen molar-refractivity contribution in [2.75, 3.05) is 11.5 Å². The van der Waals surface area contributed by atoms with Crippen molar-refractivity contribution in [2.45, 2.75) is 18.1 Å². The fourth-order valence-electron chi connectivity index (χ4n) is 4.04. The molecule has 1 aromatic rings. The molecule has 0 spiro atoms. The van der Waals surface area contributed by atoms with E-state index in [9.17, 15) is 20.0 Å². The van der Waals surface area contributed by atoms with Crippen LogP contribution < -0.4 is 4.90 Å². The number of carbonyl (C=O) groups excluding carboxylic acids is 2. The second-order valence-electron chi connectivity index (χ2n) is 6.33. The van der Waals surface area contributed by atoms with Gasteiger partial charge in [-0.25, -0.2) is 4.90 Å².